The zero-order chi connectivity index (χ0) is 14.7. The van der Waals surface area contributed by atoms with Gasteiger partial charge in [0.25, 0.3) is 0 Å². The van der Waals surface area contributed by atoms with E-state index in [0.717, 1.165) is 27.0 Å². The Morgan fingerprint density at radius 3 is 2.45 bits per heavy atom. The highest BCUT2D eigenvalue weighted by Crippen LogP contribution is 2.31. The Kier molecular flexibility index (Phi) is 5.76. The van der Waals surface area contributed by atoms with Crippen molar-refractivity contribution >= 4 is 50.7 Å². The summed E-state index contributed by atoms with van der Waals surface area (Å²) in [6.45, 7) is 0. The molecule has 0 saturated heterocycles. The summed E-state index contributed by atoms with van der Waals surface area (Å²) in [5.74, 6) is 0. The average molecular weight is 394 g/mol. The first-order valence-electron chi connectivity index (χ1n) is 6.07. The molecular weight excluding hydrogens is 380 g/mol. The van der Waals surface area contributed by atoms with Crippen LogP contribution in [0.4, 0.5) is 0 Å². The third kappa shape index (κ3) is 3.90. The maximum atomic E-state index is 6.31. The minimum atomic E-state index is 0.0755. The van der Waals surface area contributed by atoms with Gasteiger partial charge < -0.3 is 5.32 Å². The van der Waals surface area contributed by atoms with Crippen molar-refractivity contribution in [1.29, 1.82) is 0 Å². The molecule has 2 aromatic carbocycles. The lowest BCUT2D eigenvalue weighted by Crippen LogP contribution is -2.19. The third-order valence-electron chi connectivity index (χ3n) is 3.12. The topological polar surface area (TPSA) is 12.0 Å². The second-order valence-electron chi connectivity index (χ2n) is 4.45. The van der Waals surface area contributed by atoms with Crippen LogP contribution < -0.4 is 5.32 Å². The monoisotopic (exact) mass is 391 g/mol. The van der Waals surface area contributed by atoms with E-state index in [1.165, 1.54) is 0 Å². The first-order valence-corrected chi connectivity index (χ1v) is 8.00. The molecule has 20 heavy (non-hydrogen) atoms. The molecule has 1 unspecified atom stereocenters. The van der Waals surface area contributed by atoms with Gasteiger partial charge in [-0.2, -0.15) is 0 Å². The molecule has 0 aliphatic heterocycles. The first kappa shape index (κ1) is 16.1. The Balaban J connectivity index is 2.31. The second-order valence-corrected chi connectivity index (χ2v) is 6.61. The second kappa shape index (κ2) is 7.15. The summed E-state index contributed by atoms with van der Waals surface area (Å²) in [4.78, 5) is 0. The predicted octanol–water partition coefficient (Wildman–Crippen LogP) is 5.91. The third-order valence-corrected chi connectivity index (χ3v) is 4.54. The molecule has 2 rings (SSSR count). The fourth-order valence-corrected chi connectivity index (χ4v) is 3.27. The molecule has 1 atom stereocenters. The maximum Gasteiger partial charge on any atom is 0.0465 e. The van der Waals surface area contributed by atoms with Gasteiger partial charge in [0.15, 0.2) is 0 Å². The quantitative estimate of drug-likeness (QED) is 0.681. The van der Waals surface area contributed by atoms with Crippen LogP contribution in [-0.2, 0) is 6.42 Å². The molecule has 0 fully saturated rings. The van der Waals surface area contributed by atoms with Crippen molar-refractivity contribution in [2.24, 2.45) is 0 Å². The van der Waals surface area contributed by atoms with E-state index in [9.17, 15) is 0 Å². The average Bonchev–Trinajstić information content (AvgIpc) is 2.40. The van der Waals surface area contributed by atoms with E-state index in [1.807, 2.05) is 37.4 Å². The molecule has 0 aromatic heterocycles. The standard InChI is InChI=1S/C15H13BrCl3N/c1-20-15(12-4-2-10(16)8-14(12)19)7-9-6-11(17)3-5-13(9)18/h2-6,8,15,20H,7H2,1H3. The van der Waals surface area contributed by atoms with Gasteiger partial charge in [0, 0.05) is 25.6 Å². The zero-order valence-corrected chi connectivity index (χ0v) is 14.6. The van der Waals surface area contributed by atoms with Gasteiger partial charge in [0.05, 0.1) is 0 Å². The van der Waals surface area contributed by atoms with Crippen LogP contribution >= 0.6 is 50.7 Å². The van der Waals surface area contributed by atoms with Crippen molar-refractivity contribution in [3.63, 3.8) is 0 Å². The van der Waals surface area contributed by atoms with E-state index in [-0.39, 0.29) is 6.04 Å². The van der Waals surface area contributed by atoms with Gasteiger partial charge in [-0.05, 0) is 54.9 Å². The Morgan fingerprint density at radius 1 is 1.05 bits per heavy atom. The summed E-state index contributed by atoms with van der Waals surface area (Å²) in [6, 6.07) is 11.4. The minimum Gasteiger partial charge on any atom is -0.313 e. The number of benzene rings is 2. The van der Waals surface area contributed by atoms with Crippen LogP contribution in [0.15, 0.2) is 40.9 Å². The molecule has 0 saturated carbocycles. The molecule has 1 nitrogen and oxygen atoms in total. The van der Waals surface area contributed by atoms with Crippen molar-refractivity contribution in [2.75, 3.05) is 7.05 Å². The SMILES string of the molecule is CNC(Cc1cc(Cl)ccc1Cl)c1ccc(Br)cc1Cl. The molecule has 0 spiro atoms. The Bertz CT molecular complexity index is 616. The van der Waals surface area contributed by atoms with Crippen molar-refractivity contribution in [3.05, 3.63) is 67.1 Å². The zero-order valence-electron chi connectivity index (χ0n) is 10.8. The van der Waals surface area contributed by atoms with E-state index < -0.39 is 0 Å². The van der Waals surface area contributed by atoms with E-state index in [2.05, 4.69) is 21.2 Å². The number of nitrogens with one attached hydrogen (secondary N) is 1. The Morgan fingerprint density at radius 2 is 1.80 bits per heavy atom. The van der Waals surface area contributed by atoms with Gasteiger partial charge in [0.1, 0.15) is 0 Å². The largest absolute Gasteiger partial charge is 0.313 e. The summed E-state index contributed by atoms with van der Waals surface area (Å²) in [5, 5.41) is 5.38. The summed E-state index contributed by atoms with van der Waals surface area (Å²) in [5.41, 5.74) is 2.03. The fourth-order valence-electron chi connectivity index (χ4n) is 2.07. The van der Waals surface area contributed by atoms with E-state index in [4.69, 9.17) is 34.8 Å². The maximum absolute atomic E-state index is 6.31. The van der Waals surface area contributed by atoms with Crippen molar-refractivity contribution in [2.45, 2.75) is 12.5 Å². The van der Waals surface area contributed by atoms with Crippen LogP contribution in [0.3, 0.4) is 0 Å². The van der Waals surface area contributed by atoms with Gasteiger partial charge in [-0.1, -0.05) is 56.8 Å². The summed E-state index contributed by atoms with van der Waals surface area (Å²) >= 11 is 22.0. The highest BCUT2D eigenvalue weighted by molar-refractivity contribution is 9.10. The first-order chi connectivity index (χ1) is 9.51. The van der Waals surface area contributed by atoms with Crippen LogP contribution in [0.5, 0.6) is 0 Å². The number of hydrogen-bond acceptors (Lipinski definition) is 1. The lowest BCUT2D eigenvalue weighted by atomic mass is 9.99. The Labute approximate surface area is 142 Å². The van der Waals surface area contributed by atoms with Crippen LogP contribution in [-0.4, -0.2) is 7.05 Å². The highest BCUT2D eigenvalue weighted by atomic mass is 79.9. The fraction of sp³-hybridized carbons (Fsp3) is 0.200. The molecule has 0 bridgehead atoms. The molecule has 106 valence electrons. The van der Waals surface area contributed by atoms with Gasteiger partial charge >= 0.3 is 0 Å². The van der Waals surface area contributed by atoms with Crippen molar-refractivity contribution in [1.82, 2.24) is 5.32 Å². The molecule has 0 aliphatic carbocycles. The van der Waals surface area contributed by atoms with Gasteiger partial charge in [-0.15, -0.1) is 0 Å². The minimum absolute atomic E-state index is 0.0755. The smallest absolute Gasteiger partial charge is 0.0465 e. The lowest BCUT2D eigenvalue weighted by Gasteiger charge is -2.19. The summed E-state index contributed by atoms with van der Waals surface area (Å²) < 4.78 is 0.960. The molecule has 0 amide bonds. The summed E-state index contributed by atoms with van der Waals surface area (Å²) in [7, 11) is 1.90. The van der Waals surface area contributed by atoms with Crippen molar-refractivity contribution in [3.8, 4) is 0 Å². The van der Waals surface area contributed by atoms with Crippen LogP contribution in [0.1, 0.15) is 17.2 Å². The number of halogens is 4. The van der Waals surface area contributed by atoms with Crippen LogP contribution in [0.25, 0.3) is 0 Å². The molecular formula is C15H13BrCl3N. The van der Waals surface area contributed by atoms with Gasteiger partial charge in [-0.3, -0.25) is 0 Å². The molecule has 0 aliphatic rings. The molecule has 0 radical (unpaired) electrons. The van der Waals surface area contributed by atoms with E-state index in [1.54, 1.807) is 6.07 Å². The normalized spacial score (nSPS) is 12.4. The Hall–Kier alpha value is -0.250. The number of hydrogen-bond donors (Lipinski definition) is 1. The predicted molar refractivity (Wildman–Crippen MR) is 91.1 cm³/mol. The molecule has 0 heterocycles. The lowest BCUT2D eigenvalue weighted by molar-refractivity contribution is 0.592. The highest BCUT2D eigenvalue weighted by Gasteiger charge is 2.15. The molecule has 5 heteroatoms. The van der Waals surface area contributed by atoms with Gasteiger partial charge in [0.2, 0.25) is 0 Å². The number of likely N-dealkylation sites (N-methyl/N-ethyl adjacent to an activating group) is 1. The van der Waals surface area contributed by atoms with E-state index >= 15 is 0 Å². The number of rotatable bonds is 4. The molecule has 2 aromatic rings. The summed E-state index contributed by atoms with van der Waals surface area (Å²) in [6.07, 6.45) is 0.719. The van der Waals surface area contributed by atoms with Crippen molar-refractivity contribution < 1.29 is 0 Å². The molecule has 1 N–H and O–H groups in total. The van der Waals surface area contributed by atoms with Crippen LogP contribution in [0.2, 0.25) is 15.1 Å². The van der Waals surface area contributed by atoms with Crippen LogP contribution in [0, 0.1) is 0 Å². The van der Waals surface area contributed by atoms with E-state index in [0.29, 0.717) is 10.0 Å². The van der Waals surface area contributed by atoms with Gasteiger partial charge in [-0.25, -0.2) is 0 Å².